The maximum atomic E-state index is 10.2. The van der Waals surface area contributed by atoms with Crippen LogP contribution in [0.1, 0.15) is 78.6 Å². The van der Waals surface area contributed by atoms with Crippen LogP contribution in [0.2, 0.25) is 0 Å². The number of hydrogen-bond donors (Lipinski definition) is 2. The van der Waals surface area contributed by atoms with Gasteiger partial charge in [-0.15, -0.1) is 0 Å². The van der Waals surface area contributed by atoms with E-state index in [1.165, 1.54) is 38.5 Å². The third kappa shape index (κ3) is 21.6. The van der Waals surface area contributed by atoms with Gasteiger partial charge in [0.25, 0.3) is 0 Å². The minimum atomic E-state index is -0.661. The lowest BCUT2D eigenvalue weighted by molar-refractivity contribution is -0.137. The molecule has 2 atom stereocenters. The Balaban J connectivity index is 0. The molecule has 2 unspecified atom stereocenters. The van der Waals surface area contributed by atoms with Crippen LogP contribution in [0, 0.1) is 0 Å². The van der Waals surface area contributed by atoms with E-state index in [9.17, 15) is 4.79 Å². The normalized spacial score (nSPS) is 13.1. The number of methoxy groups -OCH3 is 2. The van der Waals surface area contributed by atoms with Gasteiger partial charge in [-0.1, -0.05) is 51.9 Å². The highest BCUT2D eigenvalue weighted by molar-refractivity contribution is 5.66. The zero-order valence-corrected chi connectivity index (χ0v) is 15.2. The fraction of sp³-hybridized carbons (Fsp3) is 0.941. The van der Waals surface area contributed by atoms with Crippen molar-refractivity contribution in [1.29, 1.82) is 0 Å². The first-order chi connectivity index (χ1) is 10.5. The zero-order valence-electron chi connectivity index (χ0n) is 15.2. The smallest absolute Gasteiger partial charge is 0.303 e. The number of nitrogens with one attached hydrogen (secondary N) is 1. The molecular formula is C17H37NO4. The van der Waals surface area contributed by atoms with Crippen molar-refractivity contribution in [3.63, 3.8) is 0 Å². The Morgan fingerprint density at radius 2 is 1.32 bits per heavy atom. The van der Waals surface area contributed by atoms with Crippen molar-refractivity contribution in [2.24, 2.45) is 0 Å². The highest BCUT2D eigenvalue weighted by atomic mass is 16.5. The molecule has 0 amide bonds. The molecule has 0 aromatic heterocycles. The molecule has 0 aliphatic heterocycles. The molecule has 22 heavy (non-hydrogen) atoms. The molecule has 0 saturated heterocycles. The quantitative estimate of drug-likeness (QED) is 0.394. The van der Waals surface area contributed by atoms with Crippen molar-refractivity contribution in [3.05, 3.63) is 0 Å². The number of aliphatic carboxylic acids is 1. The Morgan fingerprint density at radius 3 is 1.68 bits per heavy atom. The average molecular weight is 319 g/mol. The standard InChI is InChI=1S/C11H22O2.C6H15NO2/c1-2-3-4-5-6-7-8-9-10-11(12)13;1-5(8-3)7-6(2)9-4/h2-10H2,1H3,(H,12,13);5-7H,1-4H3. The summed E-state index contributed by atoms with van der Waals surface area (Å²) in [6.45, 7) is 6.07. The summed E-state index contributed by atoms with van der Waals surface area (Å²) in [5, 5.41) is 11.4. The van der Waals surface area contributed by atoms with E-state index < -0.39 is 5.97 Å². The lowest BCUT2D eigenvalue weighted by Crippen LogP contribution is -2.36. The van der Waals surface area contributed by atoms with Crippen LogP contribution in [-0.4, -0.2) is 37.8 Å². The predicted molar refractivity (Wildman–Crippen MR) is 90.9 cm³/mol. The minimum absolute atomic E-state index is 0.0555. The van der Waals surface area contributed by atoms with Crippen LogP contribution < -0.4 is 5.32 Å². The van der Waals surface area contributed by atoms with Crippen LogP contribution in [-0.2, 0) is 14.3 Å². The van der Waals surface area contributed by atoms with Gasteiger partial charge in [0, 0.05) is 20.6 Å². The van der Waals surface area contributed by atoms with E-state index >= 15 is 0 Å². The van der Waals surface area contributed by atoms with Gasteiger partial charge in [-0.3, -0.25) is 10.1 Å². The van der Waals surface area contributed by atoms with Gasteiger partial charge in [-0.05, 0) is 20.3 Å². The van der Waals surface area contributed by atoms with Crippen LogP contribution in [0.5, 0.6) is 0 Å². The first kappa shape index (κ1) is 23.6. The van der Waals surface area contributed by atoms with Crippen molar-refractivity contribution in [3.8, 4) is 0 Å². The van der Waals surface area contributed by atoms with Gasteiger partial charge in [0.2, 0.25) is 0 Å². The van der Waals surface area contributed by atoms with Crippen molar-refractivity contribution in [1.82, 2.24) is 5.32 Å². The maximum Gasteiger partial charge on any atom is 0.303 e. The molecule has 5 heteroatoms. The maximum absolute atomic E-state index is 10.2. The molecule has 0 aliphatic rings. The van der Waals surface area contributed by atoms with E-state index in [-0.39, 0.29) is 12.5 Å². The van der Waals surface area contributed by atoms with Crippen molar-refractivity contribution in [2.75, 3.05) is 14.2 Å². The highest BCUT2D eigenvalue weighted by Crippen LogP contribution is 2.09. The second-order valence-corrected chi connectivity index (χ2v) is 5.54. The number of ether oxygens (including phenoxy) is 2. The molecule has 0 bridgehead atoms. The molecule has 0 radical (unpaired) electrons. The fourth-order valence-corrected chi connectivity index (χ4v) is 1.88. The molecule has 0 aliphatic carbocycles. The highest BCUT2D eigenvalue weighted by Gasteiger charge is 2.02. The van der Waals surface area contributed by atoms with Crippen LogP contribution in [0.15, 0.2) is 0 Å². The van der Waals surface area contributed by atoms with Gasteiger partial charge in [-0.2, -0.15) is 0 Å². The Labute approximate surface area is 136 Å². The van der Waals surface area contributed by atoms with Gasteiger partial charge in [0.05, 0.1) is 0 Å². The molecule has 2 N–H and O–H groups in total. The van der Waals surface area contributed by atoms with E-state index in [0.29, 0.717) is 6.42 Å². The van der Waals surface area contributed by atoms with Gasteiger partial charge in [-0.25, -0.2) is 0 Å². The third-order valence-electron chi connectivity index (χ3n) is 3.42. The Morgan fingerprint density at radius 1 is 0.909 bits per heavy atom. The summed E-state index contributed by atoms with van der Waals surface area (Å²) in [6.07, 6.45) is 10.2. The molecule has 5 nitrogen and oxygen atoms in total. The Bertz CT molecular complexity index is 229. The first-order valence-electron chi connectivity index (χ1n) is 8.51. The average Bonchev–Trinajstić information content (AvgIpc) is 2.50. The number of carboxylic acids is 1. The van der Waals surface area contributed by atoms with E-state index in [1.54, 1.807) is 14.2 Å². The second kappa shape index (κ2) is 18.4. The topological polar surface area (TPSA) is 67.8 Å². The minimum Gasteiger partial charge on any atom is -0.481 e. The van der Waals surface area contributed by atoms with Crippen LogP contribution in [0.25, 0.3) is 0 Å². The summed E-state index contributed by atoms with van der Waals surface area (Å²) in [5.41, 5.74) is 0. The predicted octanol–water partition coefficient (Wildman–Crippen LogP) is 4.16. The first-order valence-corrected chi connectivity index (χ1v) is 8.51. The number of carbonyl (C=O) groups is 1. The SMILES string of the molecule is CCCCCCCCCCC(=O)O.COC(C)NC(C)OC. The summed E-state index contributed by atoms with van der Waals surface area (Å²) < 4.78 is 9.86. The van der Waals surface area contributed by atoms with Crippen LogP contribution in [0.4, 0.5) is 0 Å². The third-order valence-corrected chi connectivity index (χ3v) is 3.42. The van der Waals surface area contributed by atoms with Gasteiger partial charge in [0.1, 0.15) is 12.5 Å². The van der Waals surface area contributed by atoms with Gasteiger partial charge in [0.15, 0.2) is 0 Å². The van der Waals surface area contributed by atoms with Crippen LogP contribution in [0.3, 0.4) is 0 Å². The lowest BCUT2D eigenvalue weighted by Gasteiger charge is -2.16. The summed E-state index contributed by atoms with van der Waals surface area (Å²) in [4.78, 5) is 10.2. The molecule has 134 valence electrons. The molecule has 0 spiro atoms. The number of rotatable bonds is 13. The van der Waals surface area contributed by atoms with Gasteiger partial charge >= 0.3 is 5.97 Å². The monoisotopic (exact) mass is 319 g/mol. The summed E-state index contributed by atoms with van der Waals surface area (Å²) >= 11 is 0. The zero-order chi connectivity index (χ0) is 17.2. The van der Waals surface area contributed by atoms with E-state index in [1.807, 2.05) is 13.8 Å². The van der Waals surface area contributed by atoms with E-state index in [2.05, 4.69) is 12.2 Å². The molecular weight excluding hydrogens is 282 g/mol. The Kier molecular flexibility index (Phi) is 19.7. The van der Waals surface area contributed by atoms with Crippen LogP contribution >= 0.6 is 0 Å². The molecule has 0 aromatic carbocycles. The van der Waals surface area contributed by atoms with Crippen molar-refractivity contribution < 1.29 is 19.4 Å². The fourth-order valence-electron chi connectivity index (χ4n) is 1.88. The molecule has 0 aromatic rings. The summed E-state index contributed by atoms with van der Waals surface area (Å²) in [7, 11) is 3.31. The molecule has 0 heterocycles. The molecule has 0 saturated carbocycles. The van der Waals surface area contributed by atoms with Crippen molar-refractivity contribution in [2.45, 2.75) is 91.0 Å². The molecule has 0 rings (SSSR count). The number of hydrogen-bond acceptors (Lipinski definition) is 4. The van der Waals surface area contributed by atoms with E-state index in [0.717, 1.165) is 12.8 Å². The molecule has 0 fully saturated rings. The number of unbranched alkanes of at least 4 members (excludes halogenated alkanes) is 7. The largest absolute Gasteiger partial charge is 0.481 e. The summed E-state index contributed by atoms with van der Waals surface area (Å²) in [6, 6.07) is 0. The van der Waals surface area contributed by atoms with Gasteiger partial charge < -0.3 is 14.6 Å². The van der Waals surface area contributed by atoms with Crippen molar-refractivity contribution >= 4 is 5.97 Å². The second-order valence-electron chi connectivity index (χ2n) is 5.54. The van der Waals surface area contributed by atoms with E-state index in [4.69, 9.17) is 14.6 Å². The summed E-state index contributed by atoms with van der Waals surface area (Å²) in [5.74, 6) is -0.661. The number of carboxylic acid groups (broad SMARTS) is 1. The lowest BCUT2D eigenvalue weighted by atomic mass is 10.1. The Hall–Kier alpha value is -0.650.